The zero-order valence-corrected chi connectivity index (χ0v) is 14.0. The number of pyridine rings is 1. The van der Waals surface area contributed by atoms with Crippen molar-refractivity contribution >= 4 is 45.6 Å². The Balaban J connectivity index is 1.68. The van der Waals surface area contributed by atoms with Gasteiger partial charge in [0.2, 0.25) is 5.13 Å². The Bertz CT molecular complexity index is 685. The molecule has 22 heavy (non-hydrogen) atoms. The molecule has 0 radical (unpaired) electrons. The third-order valence-electron chi connectivity index (χ3n) is 3.67. The first-order valence-corrected chi connectivity index (χ1v) is 8.66. The van der Waals surface area contributed by atoms with E-state index in [9.17, 15) is 4.79 Å². The highest BCUT2D eigenvalue weighted by Crippen LogP contribution is 2.35. The van der Waals surface area contributed by atoms with Gasteiger partial charge in [0.25, 0.3) is 5.91 Å². The zero-order valence-electron chi connectivity index (χ0n) is 11.7. The van der Waals surface area contributed by atoms with Gasteiger partial charge >= 0.3 is 0 Å². The van der Waals surface area contributed by atoms with Gasteiger partial charge in [0.1, 0.15) is 10.2 Å². The minimum absolute atomic E-state index is 0.175. The monoisotopic (exact) mass is 356 g/mol. The van der Waals surface area contributed by atoms with Crippen molar-refractivity contribution in [2.24, 2.45) is 0 Å². The smallest absolute Gasteiger partial charge is 0.259 e. The number of halogens is 2. The average molecular weight is 357 g/mol. The van der Waals surface area contributed by atoms with Crippen LogP contribution in [0.1, 0.15) is 53.4 Å². The van der Waals surface area contributed by atoms with Crippen LogP contribution >= 0.6 is 34.5 Å². The van der Waals surface area contributed by atoms with E-state index in [1.165, 1.54) is 42.9 Å². The molecule has 0 spiro atoms. The average Bonchev–Trinajstić information content (AvgIpc) is 2.99. The molecule has 1 N–H and O–H groups in total. The number of aromatic nitrogens is 3. The Labute approximate surface area is 142 Å². The maximum atomic E-state index is 12.1. The van der Waals surface area contributed by atoms with Crippen molar-refractivity contribution in [3.63, 3.8) is 0 Å². The summed E-state index contributed by atoms with van der Waals surface area (Å²) in [6.45, 7) is 0. The zero-order chi connectivity index (χ0) is 15.5. The molecule has 8 heteroatoms. The predicted molar refractivity (Wildman–Crippen MR) is 87.9 cm³/mol. The summed E-state index contributed by atoms with van der Waals surface area (Å²) in [4.78, 5) is 16.0. The standard InChI is InChI=1S/C14H14Cl2N4OS/c15-10-6-9(7-17-11(10)16)12(21)18-14-20-19-13(22-14)8-4-2-1-3-5-8/h6-8H,1-5H2,(H,18,20,21). The molecule has 0 aliphatic heterocycles. The summed E-state index contributed by atoms with van der Waals surface area (Å²) in [5.74, 6) is 0.154. The third-order valence-corrected chi connectivity index (χ3v) is 5.36. The van der Waals surface area contributed by atoms with Crippen LogP contribution in [-0.2, 0) is 0 Å². The Hall–Kier alpha value is -1.24. The van der Waals surface area contributed by atoms with E-state index < -0.39 is 0 Å². The molecule has 1 saturated carbocycles. The molecule has 116 valence electrons. The highest BCUT2D eigenvalue weighted by atomic mass is 35.5. The van der Waals surface area contributed by atoms with E-state index in [0.29, 0.717) is 16.6 Å². The van der Waals surface area contributed by atoms with Crippen molar-refractivity contribution in [1.82, 2.24) is 15.2 Å². The fourth-order valence-corrected chi connectivity index (χ4v) is 3.69. The second kappa shape index (κ2) is 6.89. The van der Waals surface area contributed by atoms with Crippen LogP contribution in [0.3, 0.4) is 0 Å². The molecule has 3 rings (SSSR count). The van der Waals surface area contributed by atoms with Crippen molar-refractivity contribution < 1.29 is 4.79 Å². The summed E-state index contributed by atoms with van der Waals surface area (Å²) in [6, 6.07) is 1.48. The van der Waals surface area contributed by atoms with E-state index in [2.05, 4.69) is 20.5 Å². The second-order valence-electron chi connectivity index (χ2n) is 5.23. The molecule has 0 atom stereocenters. The highest BCUT2D eigenvalue weighted by molar-refractivity contribution is 7.15. The molecular formula is C14H14Cl2N4OS. The van der Waals surface area contributed by atoms with Crippen LogP contribution < -0.4 is 5.32 Å². The molecule has 0 unspecified atom stereocenters. The van der Waals surface area contributed by atoms with Gasteiger partial charge in [0.05, 0.1) is 10.6 Å². The van der Waals surface area contributed by atoms with Crippen LogP contribution in [0.4, 0.5) is 5.13 Å². The van der Waals surface area contributed by atoms with E-state index >= 15 is 0 Å². The minimum Gasteiger partial charge on any atom is -0.296 e. The van der Waals surface area contributed by atoms with E-state index in [4.69, 9.17) is 23.2 Å². The van der Waals surface area contributed by atoms with Crippen LogP contribution in [0, 0.1) is 0 Å². The molecule has 0 aromatic carbocycles. The molecule has 0 bridgehead atoms. The number of amides is 1. The lowest BCUT2D eigenvalue weighted by Gasteiger charge is -2.18. The van der Waals surface area contributed by atoms with Crippen molar-refractivity contribution in [3.8, 4) is 0 Å². The summed E-state index contributed by atoms with van der Waals surface area (Å²) in [5, 5.41) is 12.9. The summed E-state index contributed by atoms with van der Waals surface area (Å²) >= 11 is 13.0. The maximum Gasteiger partial charge on any atom is 0.259 e. The van der Waals surface area contributed by atoms with Gasteiger partial charge in [0, 0.05) is 12.1 Å². The maximum absolute atomic E-state index is 12.1. The molecule has 1 fully saturated rings. The van der Waals surface area contributed by atoms with Gasteiger partial charge in [-0.05, 0) is 18.9 Å². The largest absolute Gasteiger partial charge is 0.296 e. The number of carbonyl (C=O) groups is 1. The van der Waals surface area contributed by atoms with Gasteiger partial charge in [-0.2, -0.15) is 0 Å². The summed E-state index contributed by atoms with van der Waals surface area (Å²) in [5.41, 5.74) is 0.337. The fraction of sp³-hybridized carbons (Fsp3) is 0.429. The molecule has 1 aliphatic carbocycles. The molecule has 2 heterocycles. The number of nitrogens with zero attached hydrogens (tertiary/aromatic N) is 3. The molecule has 2 aromatic rings. The van der Waals surface area contributed by atoms with E-state index in [1.807, 2.05) is 0 Å². The normalized spacial score (nSPS) is 15.7. The molecule has 2 aromatic heterocycles. The highest BCUT2D eigenvalue weighted by Gasteiger charge is 2.20. The summed E-state index contributed by atoms with van der Waals surface area (Å²) in [7, 11) is 0. The van der Waals surface area contributed by atoms with Crippen molar-refractivity contribution in [2.75, 3.05) is 5.32 Å². The lowest BCUT2D eigenvalue weighted by molar-refractivity contribution is 0.102. The van der Waals surface area contributed by atoms with E-state index in [1.54, 1.807) is 0 Å². The summed E-state index contributed by atoms with van der Waals surface area (Å²) in [6.07, 6.45) is 7.45. The molecule has 0 saturated heterocycles. The molecular weight excluding hydrogens is 343 g/mol. The predicted octanol–water partition coefficient (Wildman–Crippen LogP) is 4.54. The van der Waals surface area contributed by atoms with Gasteiger partial charge in [-0.25, -0.2) is 4.98 Å². The van der Waals surface area contributed by atoms with Crippen molar-refractivity contribution in [3.05, 3.63) is 33.0 Å². The number of carbonyl (C=O) groups excluding carboxylic acids is 1. The Morgan fingerprint density at radius 2 is 2.00 bits per heavy atom. The van der Waals surface area contributed by atoms with Crippen LogP contribution in [0.5, 0.6) is 0 Å². The first-order valence-electron chi connectivity index (χ1n) is 7.09. The number of hydrogen-bond donors (Lipinski definition) is 1. The first-order chi connectivity index (χ1) is 10.6. The Kier molecular flexibility index (Phi) is 4.90. The topological polar surface area (TPSA) is 67.8 Å². The van der Waals surface area contributed by atoms with Gasteiger partial charge in [0.15, 0.2) is 0 Å². The number of rotatable bonds is 3. The molecule has 1 aliphatic rings. The number of nitrogens with one attached hydrogen (secondary N) is 1. The minimum atomic E-state index is -0.322. The van der Waals surface area contributed by atoms with Crippen molar-refractivity contribution in [2.45, 2.75) is 38.0 Å². The third kappa shape index (κ3) is 3.56. The first kappa shape index (κ1) is 15.6. The van der Waals surface area contributed by atoms with Gasteiger partial charge in [-0.15, -0.1) is 10.2 Å². The quantitative estimate of drug-likeness (QED) is 0.819. The molecule has 1 amide bonds. The fourth-order valence-electron chi connectivity index (χ4n) is 2.51. The summed E-state index contributed by atoms with van der Waals surface area (Å²) < 4.78 is 0. The van der Waals surface area contributed by atoms with Crippen LogP contribution in [0.15, 0.2) is 12.3 Å². The van der Waals surface area contributed by atoms with E-state index in [-0.39, 0.29) is 16.1 Å². The number of hydrogen-bond acceptors (Lipinski definition) is 5. The van der Waals surface area contributed by atoms with Crippen molar-refractivity contribution in [1.29, 1.82) is 0 Å². The van der Waals surface area contributed by atoms with Gasteiger partial charge < -0.3 is 0 Å². The Morgan fingerprint density at radius 1 is 1.23 bits per heavy atom. The SMILES string of the molecule is O=C(Nc1nnc(C2CCCCC2)s1)c1cnc(Cl)c(Cl)c1. The van der Waals surface area contributed by atoms with Gasteiger partial charge in [-0.3, -0.25) is 10.1 Å². The lowest BCUT2D eigenvalue weighted by atomic mass is 9.90. The van der Waals surface area contributed by atoms with Crippen LogP contribution in [-0.4, -0.2) is 21.1 Å². The van der Waals surface area contributed by atoms with Crippen LogP contribution in [0.2, 0.25) is 10.2 Å². The van der Waals surface area contributed by atoms with Crippen LogP contribution in [0.25, 0.3) is 0 Å². The molecule has 5 nitrogen and oxygen atoms in total. The second-order valence-corrected chi connectivity index (χ2v) is 7.01. The lowest BCUT2D eigenvalue weighted by Crippen LogP contribution is -2.12. The van der Waals surface area contributed by atoms with E-state index in [0.717, 1.165) is 17.8 Å². The van der Waals surface area contributed by atoms with Gasteiger partial charge in [-0.1, -0.05) is 53.8 Å². The Morgan fingerprint density at radius 3 is 2.73 bits per heavy atom. The number of anilines is 1.